The molecule has 0 saturated heterocycles. The first-order chi connectivity index (χ1) is 7.66. The molecule has 2 nitrogen and oxygen atoms in total. The highest BCUT2D eigenvalue weighted by atomic mass is 35.5. The van der Waals surface area contributed by atoms with Crippen LogP contribution in [0.1, 0.15) is 24.2 Å². The second-order valence-corrected chi connectivity index (χ2v) is 4.65. The molecule has 0 aliphatic carbocycles. The monoisotopic (exact) mass is 254 g/mol. The summed E-state index contributed by atoms with van der Waals surface area (Å²) in [5.41, 5.74) is 3.13. The lowest BCUT2D eigenvalue weighted by molar-refractivity contribution is 0.439. The summed E-state index contributed by atoms with van der Waals surface area (Å²) in [4.78, 5) is 0. The van der Waals surface area contributed by atoms with Gasteiger partial charge >= 0.3 is 0 Å². The van der Waals surface area contributed by atoms with Crippen LogP contribution in [0.25, 0.3) is 10.9 Å². The summed E-state index contributed by atoms with van der Waals surface area (Å²) in [6.45, 7) is 5.86. The number of aromatic nitrogens is 1. The van der Waals surface area contributed by atoms with Crippen molar-refractivity contribution in [2.24, 2.45) is 0 Å². The van der Waals surface area contributed by atoms with Crippen LogP contribution >= 0.6 is 12.4 Å². The number of aryl methyl sites for hydroxylation is 1. The molecule has 0 unspecified atom stereocenters. The van der Waals surface area contributed by atoms with Crippen molar-refractivity contribution < 1.29 is 4.39 Å². The van der Waals surface area contributed by atoms with Gasteiger partial charge in [-0.3, -0.25) is 0 Å². The molecule has 0 spiro atoms. The molecule has 17 heavy (non-hydrogen) atoms. The maximum atomic E-state index is 13.5. The molecule has 92 valence electrons. The summed E-state index contributed by atoms with van der Waals surface area (Å²) < 4.78 is 15.8. The number of rotatable bonds is 0. The summed E-state index contributed by atoms with van der Waals surface area (Å²) >= 11 is 0. The van der Waals surface area contributed by atoms with Gasteiger partial charge in [0.1, 0.15) is 5.82 Å². The average molecular weight is 255 g/mol. The van der Waals surface area contributed by atoms with E-state index in [0.29, 0.717) is 6.04 Å². The highest BCUT2D eigenvalue weighted by molar-refractivity contribution is 5.85. The van der Waals surface area contributed by atoms with Crippen molar-refractivity contribution in [1.29, 1.82) is 0 Å². The third-order valence-electron chi connectivity index (χ3n) is 3.39. The molecule has 0 bridgehead atoms. The molecule has 0 amide bonds. The summed E-state index contributed by atoms with van der Waals surface area (Å²) in [6, 6.07) is 6.12. The minimum absolute atomic E-state index is 0. The quantitative estimate of drug-likeness (QED) is 0.764. The number of halogens is 2. The average Bonchev–Trinajstić information content (AvgIpc) is 2.58. The Hall–Kier alpha value is -1.06. The smallest absolute Gasteiger partial charge is 0.126 e. The van der Waals surface area contributed by atoms with Crippen LogP contribution in [0.15, 0.2) is 18.2 Å². The van der Waals surface area contributed by atoms with E-state index < -0.39 is 0 Å². The van der Waals surface area contributed by atoms with Crippen molar-refractivity contribution in [2.45, 2.75) is 26.4 Å². The molecule has 2 aromatic rings. The second kappa shape index (κ2) is 4.31. The number of benzene rings is 1. The molecule has 1 aromatic carbocycles. The zero-order chi connectivity index (χ0) is 11.3. The van der Waals surface area contributed by atoms with Gasteiger partial charge in [-0.05, 0) is 37.6 Å². The first kappa shape index (κ1) is 12.4. The van der Waals surface area contributed by atoms with E-state index in [0.717, 1.165) is 29.6 Å². The van der Waals surface area contributed by atoms with E-state index in [1.165, 1.54) is 5.69 Å². The predicted molar refractivity (Wildman–Crippen MR) is 70.3 cm³/mol. The maximum Gasteiger partial charge on any atom is 0.126 e. The third-order valence-corrected chi connectivity index (χ3v) is 3.39. The summed E-state index contributed by atoms with van der Waals surface area (Å²) in [5.74, 6) is -0.115. The van der Waals surface area contributed by atoms with Gasteiger partial charge in [-0.25, -0.2) is 4.39 Å². The van der Waals surface area contributed by atoms with Crippen LogP contribution in [0.2, 0.25) is 0 Å². The van der Waals surface area contributed by atoms with E-state index >= 15 is 0 Å². The van der Waals surface area contributed by atoms with Gasteiger partial charge < -0.3 is 9.88 Å². The summed E-state index contributed by atoms with van der Waals surface area (Å²) in [5, 5.41) is 4.37. The van der Waals surface area contributed by atoms with Crippen LogP contribution in [0, 0.1) is 12.7 Å². The third kappa shape index (κ3) is 1.83. The number of hydrogen-bond acceptors (Lipinski definition) is 1. The first-order valence-corrected chi connectivity index (χ1v) is 5.67. The molecule has 0 radical (unpaired) electrons. The minimum Gasteiger partial charge on any atom is -0.339 e. The van der Waals surface area contributed by atoms with Gasteiger partial charge in [0.05, 0.1) is 0 Å². The Morgan fingerprint density at radius 2 is 2.12 bits per heavy atom. The van der Waals surface area contributed by atoms with Crippen LogP contribution in [-0.4, -0.2) is 11.1 Å². The number of nitrogens with one attached hydrogen (secondary N) is 1. The zero-order valence-corrected chi connectivity index (χ0v) is 10.8. The summed E-state index contributed by atoms with van der Waals surface area (Å²) in [6.07, 6.45) is 0. The summed E-state index contributed by atoms with van der Waals surface area (Å²) in [7, 11) is 0. The van der Waals surface area contributed by atoms with Crippen molar-refractivity contribution in [1.82, 2.24) is 9.88 Å². The normalized spacial score (nSPS) is 18.9. The topological polar surface area (TPSA) is 17.0 Å². The highest BCUT2D eigenvalue weighted by Gasteiger charge is 2.18. The fourth-order valence-electron chi connectivity index (χ4n) is 2.57. The van der Waals surface area contributed by atoms with E-state index in [9.17, 15) is 4.39 Å². The molecule has 1 aromatic heterocycles. The van der Waals surface area contributed by atoms with Crippen LogP contribution in [0.4, 0.5) is 4.39 Å². The Bertz CT molecular complexity index is 562. The maximum absolute atomic E-state index is 13.5. The van der Waals surface area contributed by atoms with Crippen molar-refractivity contribution in [3.63, 3.8) is 0 Å². The molecule has 1 N–H and O–H groups in total. The number of fused-ring (bicyclic) bond motifs is 3. The van der Waals surface area contributed by atoms with Gasteiger partial charge in [-0.1, -0.05) is 0 Å². The lowest BCUT2D eigenvalue weighted by Crippen LogP contribution is -2.30. The van der Waals surface area contributed by atoms with Crippen molar-refractivity contribution >= 4 is 23.3 Å². The molecular formula is C13H16ClFN2. The molecule has 4 heteroatoms. The van der Waals surface area contributed by atoms with Gasteiger partial charge in [-0.2, -0.15) is 0 Å². The van der Waals surface area contributed by atoms with Crippen LogP contribution < -0.4 is 5.32 Å². The van der Waals surface area contributed by atoms with E-state index in [-0.39, 0.29) is 18.2 Å². The van der Waals surface area contributed by atoms with E-state index in [2.05, 4.69) is 22.9 Å². The van der Waals surface area contributed by atoms with Gasteiger partial charge in [0.25, 0.3) is 0 Å². The Morgan fingerprint density at radius 1 is 1.35 bits per heavy atom. The Balaban J connectivity index is 0.00000108. The van der Waals surface area contributed by atoms with Crippen molar-refractivity contribution in [3.05, 3.63) is 35.3 Å². The number of nitrogens with zero attached hydrogens (tertiary/aromatic N) is 1. The fraction of sp³-hybridized carbons (Fsp3) is 0.385. The predicted octanol–water partition coefficient (Wildman–Crippen LogP) is 3.17. The molecule has 3 rings (SSSR count). The fourth-order valence-corrected chi connectivity index (χ4v) is 2.57. The SMILES string of the molecule is Cc1cc2c(cc1F)cc1n2[C@H](C)CNC1.Cl. The van der Waals surface area contributed by atoms with Crippen molar-refractivity contribution in [3.8, 4) is 0 Å². The van der Waals surface area contributed by atoms with E-state index in [1.54, 1.807) is 6.07 Å². The van der Waals surface area contributed by atoms with Gasteiger partial charge in [0.2, 0.25) is 0 Å². The van der Waals surface area contributed by atoms with Crippen LogP contribution in [0.5, 0.6) is 0 Å². The Kier molecular flexibility index (Phi) is 3.15. The lowest BCUT2D eigenvalue weighted by Gasteiger charge is -2.24. The number of hydrogen-bond donors (Lipinski definition) is 1. The van der Waals surface area contributed by atoms with Crippen molar-refractivity contribution in [2.75, 3.05) is 6.54 Å². The van der Waals surface area contributed by atoms with E-state index in [4.69, 9.17) is 0 Å². The first-order valence-electron chi connectivity index (χ1n) is 5.67. The lowest BCUT2D eigenvalue weighted by atomic mass is 10.1. The molecule has 1 aliphatic rings. The van der Waals surface area contributed by atoms with Gasteiger partial charge in [-0.15, -0.1) is 12.4 Å². The van der Waals surface area contributed by atoms with Gasteiger partial charge in [0.15, 0.2) is 0 Å². The Morgan fingerprint density at radius 3 is 2.88 bits per heavy atom. The standard InChI is InChI=1S/C13H15FN2.ClH/c1-8-3-13-10(5-12(8)14)4-11-7-15-6-9(2)16(11)13;/h3-5,9,15H,6-7H2,1-2H3;1H/t9-;/m1./s1. The molecule has 0 saturated carbocycles. The second-order valence-electron chi connectivity index (χ2n) is 4.65. The highest BCUT2D eigenvalue weighted by Crippen LogP contribution is 2.28. The van der Waals surface area contributed by atoms with E-state index in [1.807, 2.05) is 13.0 Å². The Labute approximate surface area is 106 Å². The molecule has 1 atom stereocenters. The molecule has 1 aliphatic heterocycles. The van der Waals surface area contributed by atoms with Crippen LogP contribution in [-0.2, 0) is 6.54 Å². The largest absolute Gasteiger partial charge is 0.339 e. The van der Waals surface area contributed by atoms with Gasteiger partial charge in [0, 0.05) is 35.7 Å². The molecule has 0 fully saturated rings. The van der Waals surface area contributed by atoms with Crippen LogP contribution in [0.3, 0.4) is 0 Å². The minimum atomic E-state index is -0.115. The molecule has 2 heterocycles. The molecular weight excluding hydrogens is 239 g/mol. The zero-order valence-electron chi connectivity index (χ0n) is 9.96.